The van der Waals surface area contributed by atoms with Crippen LogP contribution in [0.2, 0.25) is 0 Å². The predicted molar refractivity (Wildman–Crippen MR) is 114 cm³/mol. The molecular formula is C23H28N4O3. The average Bonchev–Trinajstić information content (AvgIpc) is 3.44. The van der Waals surface area contributed by atoms with Crippen molar-refractivity contribution in [1.82, 2.24) is 15.5 Å². The van der Waals surface area contributed by atoms with E-state index in [1.54, 1.807) is 4.90 Å². The molecule has 2 N–H and O–H groups in total. The van der Waals surface area contributed by atoms with E-state index in [9.17, 15) is 9.59 Å². The van der Waals surface area contributed by atoms with Gasteiger partial charge in [-0.25, -0.2) is 4.79 Å². The van der Waals surface area contributed by atoms with Crippen LogP contribution in [0.1, 0.15) is 61.8 Å². The van der Waals surface area contributed by atoms with Crippen molar-refractivity contribution in [2.45, 2.75) is 63.9 Å². The van der Waals surface area contributed by atoms with E-state index in [2.05, 4.69) is 22.5 Å². The summed E-state index contributed by atoms with van der Waals surface area (Å²) in [6.45, 7) is 2.24. The molecule has 1 aromatic heterocycles. The van der Waals surface area contributed by atoms with Crippen LogP contribution in [-0.4, -0.2) is 41.4 Å². The van der Waals surface area contributed by atoms with E-state index in [-0.39, 0.29) is 18.1 Å². The normalized spacial score (nSPS) is 21.2. The Morgan fingerprint density at radius 2 is 2.10 bits per heavy atom. The van der Waals surface area contributed by atoms with Crippen molar-refractivity contribution in [2.24, 2.45) is 0 Å². The first-order valence-corrected chi connectivity index (χ1v) is 11.0. The van der Waals surface area contributed by atoms with E-state index in [1.165, 1.54) is 55.0 Å². The lowest BCUT2D eigenvalue weighted by atomic mass is 9.95. The van der Waals surface area contributed by atoms with Gasteiger partial charge in [0.1, 0.15) is 6.10 Å². The number of H-pyrrole nitrogens is 1. The second-order valence-electron chi connectivity index (χ2n) is 8.69. The minimum Gasteiger partial charge on any atom is -0.442 e. The van der Waals surface area contributed by atoms with Crippen LogP contribution in [0.25, 0.3) is 11.3 Å². The molecule has 2 aliphatic carbocycles. The number of carbonyl (C=O) groups is 2. The first kappa shape index (κ1) is 19.2. The first-order valence-electron chi connectivity index (χ1n) is 11.0. The molecule has 1 saturated carbocycles. The minimum absolute atomic E-state index is 0.124. The van der Waals surface area contributed by atoms with Crippen molar-refractivity contribution in [3.8, 4) is 11.3 Å². The number of nitrogens with zero attached hydrogens (tertiary/aromatic N) is 2. The van der Waals surface area contributed by atoms with Crippen LogP contribution in [0.3, 0.4) is 0 Å². The lowest BCUT2D eigenvalue weighted by Crippen LogP contribution is -2.33. The van der Waals surface area contributed by atoms with Crippen molar-refractivity contribution < 1.29 is 14.3 Å². The number of benzene rings is 1. The number of anilines is 1. The molecule has 7 nitrogen and oxygen atoms in total. The fourth-order valence-corrected chi connectivity index (χ4v) is 5.14. The van der Waals surface area contributed by atoms with Crippen LogP contribution in [0.4, 0.5) is 10.5 Å². The van der Waals surface area contributed by atoms with Crippen molar-refractivity contribution in [3.63, 3.8) is 0 Å². The number of aromatic amines is 1. The molecule has 2 heterocycles. The second-order valence-corrected chi connectivity index (χ2v) is 8.69. The largest absolute Gasteiger partial charge is 0.442 e. The Morgan fingerprint density at radius 1 is 1.27 bits per heavy atom. The number of carbonyl (C=O) groups excluding carboxylic acids is 2. The highest BCUT2D eigenvalue weighted by atomic mass is 16.6. The molecule has 1 aromatic carbocycles. The topological polar surface area (TPSA) is 87.3 Å². The van der Waals surface area contributed by atoms with E-state index in [0.29, 0.717) is 19.0 Å². The van der Waals surface area contributed by atoms with Gasteiger partial charge in [-0.1, -0.05) is 18.9 Å². The van der Waals surface area contributed by atoms with Gasteiger partial charge in [-0.05, 0) is 49.8 Å². The maximum Gasteiger partial charge on any atom is 0.414 e. The minimum atomic E-state index is -0.358. The summed E-state index contributed by atoms with van der Waals surface area (Å²) in [5, 5.41) is 10.8. The maximum atomic E-state index is 12.4. The fraction of sp³-hybridized carbons (Fsp3) is 0.522. The summed E-state index contributed by atoms with van der Waals surface area (Å²) in [5.41, 5.74) is 7.08. The fourth-order valence-electron chi connectivity index (χ4n) is 5.14. The van der Waals surface area contributed by atoms with Crippen LogP contribution in [0.5, 0.6) is 0 Å². The zero-order valence-electron chi connectivity index (χ0n) is 17.4. The molecule has 2 fully saturated rings. The summed E-state index contributed by atoms with van der Waals surface area (Å²) in [7, 11) is 0. The summed E-state index contributed by atoms with van der Waals surface area (Å²) >= 11 is 0. The van der Waals surface area contributed by atoms with E-state index in [0.717, 1.165) is 30.6 Å². The number of hydrogen-bond donors (Lipinski definition) is 2. The molecule has 158 valence electrons. The van der Waals surface area contributed by atoms with Gasteiger partial charge in [0.25, 0.3) is 0 Å². The molecule has 30 heavy (non-hydrogen) atoms. The maximum absolute atomic E-state index is 12.4. The third kappa shape index (κ3) is 3.46. The lowest BCUT2D eigenvalue weighted by Gasteiger charge is -2.16. The molecule has 0 bridgehead atoms. The average molecular weight is 409 g/mol. The van der Waals surface area contributed by atoms with Gasteiger partial charge in [-0.2, -0.15) is 5.10 Å². The van der Waals surface area contributed by atoms with E-state index < -0.39 is 0 Å². The van der Waals surface area contributed by atoms with Crippen molar-refractivity contribution in [3.05, 3.63) is 35.0 Å². The zero-order valence-corrected chi connectivity index (χ0v) is 17.4. The standard InChI is InChI=1S/C23H28N4O3/c1-14(28)24-12-18-13-27(23(29)30-18)17-9-10-19-16(11-17)7-4-8-20-21(25-26-22(19)20)15-5-2-3-6-15/h9-11,15,18H,2-8,12-13H2,1H3,(H,24,28)(H,25,26)/t18-/m0/s1. The van der Waals surface area contributed by atoms with E-state index in [4.69, 9.17) is 9.84 Å². The Balaban J connectivity index is 1.40. The van der Waals surface area contributed by atoms with Gasteiger partial charge in [-0.15, -0.1) is 0 Å². The Kier molecular flexibility index (Phi) is 4.97. The number of fused-ring (bicyclic) bond motifs is 3. The van der Waals surface area contributed by atoms with Crippen LogP contribution < -0.4 is 10.2 Å². The number of aromatic nitrogens is 2. The van der Waals surface area contributed by atoms with Crippen LogP contribution >= 0.6 is 0 Å². The molecule has 1 atom stereocenters. The highest BCUT2D eigenvalue weighted by molar-refractivity contribution is 5.90. The van der Waals surface area contributed by atoms with E-state index in [1.807, 2.05) is 6.07 Å². The predicted octanol–water partition coefficient (Wildman–Crippen LogP) is 3.68. The number of aryl methyl sites for hydroxylation is 1. The van der Waals surface area contributed by atoms with Crippen LogP contribution in [0.15, 0.2) is 18.2 Å². The van der Waals surface area contributed by atoms with Gasteiger partial charge in [0.2, 0.25) is 5.91 Å². The summed E-state index contributed by atoms with van der Waals surface area (Å²) in [6, 6.07) is 6.19. The summed E-state index contributed by atoms with van der Waals surface area (Å²) in [4.78, 5) is 25.2. The Bertz CT molecular complexity index is 977. The molecule has 3 aliphatic rings. The Morgan fingerprint density at radius 3 is 2.90 bits per heavy atom. The van der Waals surface area contributed by atoms with Crippen LogP contribution in [-0.2, 0) is 22.4 Å². The number of cyclic esters (lactones) is 1. The number of hydrogen-bond acceptors (Lipinski definition) is 4. The van der Waals surface area contributed by atoms with Crippen molar-refractivity contribution in [2.75, 3.05) is 18.0 Å². The molecule has 7 heteroatoms. The number of nitrogens with one attached hydrogen (secondary N) is 2. The Hall–Kier alpha value is -2.83. The quantitative estimate of drug-likeness (QED) is 0.808. The molecule has 0 spiro atoms. The highest BCUT2D eigenvalue weighted by Crippen LogP contribution is 2.41. The number of rotatable bonds is 4. The van der Waals surface area contributed by atoms with Gasteiger partial charge < -0.3 is 10.1 Å². The number of ether oxygens (including phenoxy) is 1. The SMILES string of the molecule is CC(=O)NC[C@H]1CN(c2ccc3c(c2)CCCc2c-3n[nH]c2C2CCCC2)C(=O)O1. The van der Waals surface area contributed by atoms with Crippen molar-refractivity contribution >= 4 is 17.7 Å². The van der Waals surface area contributed by atoms with Crippen molar-refractivity contribution in [1.29, 1.82) is 0 Å². The second kappa shape index (κ2) is 7.78. The highest BCUT2D eigenvalue weighted by Gasteiger charge is 2.33. The van der Waals surface area contributed by atoms with Gasteiger partial charge in [0.15, 0.2) is 0 Å². The molecular weight excluding hydrogens is 380 g/mol. The smallest absolute Gasteiger partial charge is 0.414 e. The summed E-state index contributed by atoms with van der Waals surface area (Å²) < 4.78 is 5.42. The molecule has 2 amide bonds. The molecule has 2 aromatic rings. The lowest BCUT2D eigenvalue weighted by molar-refractivity contribution is -0.119. The van der Waals surface area contributed by atoms with Gasteiger partial charge in [-0.3, -0.25) is 14.8 Å². The molecule has 1 saturated heterocycles. The third-order valence-electron chi connectivity index (χ3n) is 6.64. The molecule has 1 aliphatic heterocycles. The van der Waals surface area contributed by atoms with E-state index >= 15 is 0 Å². The summed E-state index contributed by atoms with van der Waals surface area (Å²) in [6.07, 6.45) is 7.57. The molecule has 5 rings (SSSR count). The molecule has 0 radical (unpaired) electrons. The van der Waals surface area contributed by atoms with Gasteiger partial charge in [0.05, 0.1) is 18.8 Å². The zero-order chi connectivity index (χ0) is 20.7. The monoisotopic (exact) mass is 408 g/mol. The first-order chi connectivity index (χ1) is 14.6. The summed E-state index contributed by atoms with van der Waals surface area (Å²) in [5.74, 6) is 0.503. The Labute approximate surface area is 176 Å². The third-order valence-corrected chi connectivity index (χ3v) is 6.64. The number of amides is 2. The molecule has 0 unspecified atom stereocenters. The van der Waals surface area contributed by atoms with Crippen LogP contribution in [0, 0.1) is 0 Å². The van der Waals surface area contributed by atoms with Gasteiger partial charge >= 0.3 is 6.09 Å². The van der Waals surface area contributed by atoms with Gasteiger partial charge in [0, 0.05) is 35.3 Å².